The first-order valence-electron chi connectivity index (χ1n) is 12.1. The molecule has 2 N–H and O–H groups in total. The molecule has 2 aromatic heterocycles. The van der Waals surface area contributed by atoms with Crippen molar-refractivity contribution in [3.05, 3.63) is 26.7 Å². The Labute approximate surface area is 184 Å². The Morgan fingerprint density at radius 1 is 1.06 bits per heavy atom. The Hall–Kier alpha value is -1.93. The number of aromatic amines is 1. The number of hydrogen-bond acceptors (Lipinski definition) is 5. The van der Waals surface area contributed by atoms with E-state index in [0.717, 1.165) is 44.6 Å². The van der Waals surface area contributed by atoms with Crippen LogP contribution in [0.5, 0.6) is 0 Å². The van der Waals surface area contributed by atoms with Gasteiger partial charge in [-0.15, -0.1) is 0 Å². The van der Waals surface area contributed by atoms with Gasteiger partial charge in [-0.05, 0) is 64.5 Å². The molecule has 0 spiro atoms. The van der Waals surface area contributed by atoms with Crippen LogP contribution in [0.1, 0.15) is 64.1 Å². The molecule has 2 saturated carbocycles. The number of aryl methyl sites for hydroxylation is 1. The van der Waals surface area contributed by atoms with Gasteiger partial charge in [0.05, 0.1) is 0 Å². The number of rotatable bonds is 9. The maximum Gasteiger partial charge on any atom is 0.332 e. The molecular formula is C23H38N6O2. The van der Waals surface area contributed by atoms with Gasteiger partial charge in [0.2, 0.25) is 0 Å². The number of imidazole rings is 1. The lowest BCUT2D eigenvalue weighted by Gasteiger charge is -2.35. The summed E-state index contributed by atoms with van der Waals surface area (Å²) in [6.45, 7) is 7.14. The van der Waals surface area contributed by atoms with Crippen molar-refractivity contribution in [2.75, 3.05) is 27.2 Å². The van der Waals surface area contributed by atoms with E-state index in [1.54, 1.807) is 4.57 Å². The molecule has 8 heteroatoms. The second-order valence-corrected chi connectivity index (χ2v) is 9.76. The van der Waals surface area contributed by atoms with E-state index in [9.17, 15) is 9.59 Å². The van der Waals surface area contributed by atoms with E-state index < -0.39 is 0 Å². The third kappa shape index (κ3) is 4.24. The summed E-state index contributed by atoms with van der Waals surface area (Å²) in [7, 11) is 4.22. The number of fused-ring (bicyclic) bond motifs is 3. The standard InChI is InChI=1S/C23H38N6O2/c1-5-10-28-21-19(22(30)29(11-6-2)23(28)31)25-20(26-21)17-13-15-7-8-16(14-17)18(15)24-9-12-27(3)4/h15-18,24H,5-14H2,1-4H3,(H,25,26). The Balaban J connectivity index is 1.61. The van der Waals surface area contributed by atoms with E-state index in [2.05, 4.69) is 29.3 Å². The zero-order valence-electron chi connectivity index (χ0n) is 19.5. The normalized spacial score (nSPS) is 25.7. The number of nitrogens with one attached hydrogen (secondary N) is 2. The lowest BCUT2D eigenvalue weighted by atomic mass is 9.77. The van der Waals surface area contributed by atoms with Crippen LogP contribution in [0.25, 0.3) is 11.2 Å². The molecule has 2 bridgehead atoms. The van der Waals surface area contributed by atoms with Gasteiger partial charge < -0.3 is 15.2 Å². The van der Waals surface area contributed by atoms with E-state index in [4.69, 9.17) is 4.98 Å². The smallest absolute Gasteiger partial charge is 0.332 e. The number of aromatic nitrogens is 4. The Morgan fingerprint density at radius 2 is 1.71 bits per heavy atom. The van der Waals surface area contributed by atoms with Crippen molar-refractivity contribution in [1.82, 2.24) is 29.3 Å². The molecule has 0 radical (unpaired) electrons. The molecule has 0 amide bonds. The molecule has 2 aliphatic rings. The fraction of sp³-hybridized carbons (Fsp3) is 0.783. The molecule has 2 heterocycles. The van der Waals surface area contributed by atoms with E-state index >= 15 is 0 Å². The van der Waals surface area contributed by atoms with Gasteiger partial charge in [0.25, 0.3) is 5.56 Å². The van der Waals surface area contributed by atoms with Crippen LogP contribution in [0.2, 0.25) is 0 Å². The summed E-state index contributed by atoms with van der Waals surface area (Å²) in [4.78, 5) is 36.4. The van der Waals surface area contributed by atoms with Crippen molar-refractivity contribution in [1.29, 1.82) is 0 Å². The summed E-state index contributed by atoms with van der Waals surface area (Å²) in [6, 6.07) is 0.598. The van der Waals surface area contributed by atoms with Crippen LogP contribution in [0.3, 0.4) is 0 Å². The maximum atomic E-state index is 13.0. The minimum atomic E-state index is -0.229. The first-order chi connectivity index (χ1) is 14.9. The highest BCUT2D eigenvalue weighted by Gasteiger charge is 2.43. The second-order valence-electron chi connectivity index (χ2n) is 9.76. The van der Waals surface area contributed by atoms with Crippen LogP contribution < -0.4 is 16.6 Å². The van der Waals surface area contributed by atoms with Crippen LogP contribution in [0, 0.1) is 11.8 Å². The fourth-order valence-corrected chi connectivity index (χ4v) is 5.76. The number of likely N-dealkylation sites (N-methyl/N-ethyl adjacent to an activating group) is 1. The van der Waals surface area contributed by atoms with Crippen LogP contribution in [-0.4, -0.2) is 57.2 Å². The van der Waals surface area contributed by atoms with Gasteiger partial charge in [0.15, 0.2) is 5.65 Å². The third-order valence-corrected chi connectivity index (χ3v) is 7.20. The van der Waals surface area contributed by atoms with Gasteiger partial charge in [-0.1, -0.05) is 13.8 Å². The molecule has 8 nitrogen and oxygen atoms in total. The topological polar surface area (TPSA) is 87.9 Å². The number of nitrogens with zero attached hydrogens (tertiary/aromatic N) is 4. The van der Waals surface area contributed by atoms with E-state index in [1.807, 2.05) is 13.8 Å². The largest absolute Gasteiger partial charge is 0.336 e. The Morgan fingerprint density at radius 3 is 2.32 bits per heavy atom. The summed E-state index contributed by atoms with van der Waals surface area (Å²) >= 11 is 0. The zero-order valence-corrected chi connectivity index (χ0v) is 19.5. The molecule has 0 saturated heterocycles. The third-order valence-electron chi connectivity index (χ3n) is 7.20. The molecule has 2 atom stereocenters. The molecule has 4 rings (SSSR count). The average molecular weight is 431 g/mol. The molecule has 31 heavy (non-hydrogen) atoms. The van der Waals surface area contributed by atoms with Gasteiger partial charge in [-0.2, -0.15) is 0 Å². The maximum absolute atomic E-state index is 13.0. The molecular weight excluding hydrogens is 392 g/mol. The van der Waals surface area contributed by atoms with Gasteiger partial charge in [0, 0.05) is 38.1 Å². The van der Waals surface area contributed by atoms with Gasteiger partial charge in [-0.3, -0.25) is 13.9 Å². The predicted octanol–water partition coefficient (Wildman–Crippen LogP) is 2.13. The Kier molecular flexibility index (Phi) is 6.67. The monoisotopic (exact) mass is 430 g/mol. The lowest BCUT2D eigenvalue weighted by molar-refractivity contribution is 0.223. The van der Waals surface area contributed by atoms with Crippen molar-refractivity contribution in [2.24, 2.45) is 11.8 Å². The number of H-pyrrole nitrogens is 1. The highest BCUT2D eigenvalue weighted by molar-refractivity contribution is 5.70. The van der Waals surface area contributed by atoms with Gasteiger partial charge in [0.1, 0.15) is 11.3 Å². The first kappa shape index (κ1) is 22.3. The predicted molar refractivity (Wildman–Crippen MR) is 124 cm³/mol. The Bertz CT molecular complexity index is 1010. The van der Waals surface area contributed by atoms with Crippen LogP contribution in [0.4, 0.5) is 0 Å². The molecule has 2 unspecified atom stereocenters. The van der Waals surface area contributed by atoms with E-state index in [0.29, 0.717) is 48.0 Å². The van der Waals surface area contributed by atoms with Crippen molar-refractivity contribution >= 4 is 11.2 Å². The highest BCUT2D eigenvalue weighted by Crippen LogP contribution is 2.48. The van der Waals surface area contributed by atoms with Crippen molar-refractivity contribution < 1.29 is 0 Å². The lowest BCUT2D eigenvalue weighted by Crippen LogP contribution is -2.44. The minimum Gasteiger partial charge on any atom is -0.336 e. The minimum absolute atomic E-state index is 0.227. The summed E-state index contributed by atoms with van der Waals surface area (Å²) in [6.07, 6.45) is 6.31. The summed E-state index contributed by atoms with van der Waals surface area (Å²) in [5.41, 5.74) is 0.580. The SMILES string of the molecule is CCCn1c(=O)c2[nH]c(C3CC4CCC(C3)C4NCCN(C)C)nc2n(CCC)c1=O. The highest BCUT2D eigenvalue weighted by atomic mass is 16.2. The molecule has 2 aliphatic carbocycles. The van der Waals surface area contributed by atoms with E-state index in [1.165, 1.54) is 17.4 Å². The molecule has 172 valence electrons. The molecule has 2 fully saturated rings. The average Bonchev–Trinajstić information content (AvgIpc) is 3.27. The van der Waals surface area contributed by atoms with Crippen LogP contribution in [0.15, 0.2) is 9.59 Å². The van der Waals surface area contributed by atoms with Crippen LogP contribution >= 0.6 is 0 Å². The number of hydrogen-bond donors (Lipinski definition) is 2. The molecule has 0 aliphatic heterocycles. The summed E-state index contributed by atoms with van der Waals surface area (Å²) < 4.78 is 3.06. The summed E-state index contributed by atoms with van der Waals surface area (Å²) in [5.74, 6) is 2.55. The molecule has 2 aromatic rings. The first-order valence-corrected chi connectivity index (χ1v) is 12.1. The van der Waals surface area contributed by atoms with Crippen molar-refractivity contribution in [2.45, 2.75) is 77.4 Å². The van der Waals surface area contributed by atoms with E-state index in [-0.39, 0.29) is 11.2 Å². The van der Waals surface area contributed by atoms with Crippen LogP contribution in [-0.2, 0) is 13.1 Å². The second kappa shape index (κ2) is 9.28. The summed E-state index contributed by atoms with van der Waals surface area (Å²) in [5, 5.41) is 3.81. The van der Waals surface area contributed by atoms with Gasteiger partial charge >= 0.3 is 5.69 Å². The quantitative estimate of drug-likeness (QED) is 0.636. The van der Waals surface area contributed by atoms with Crippen molar-refractivity contribution in [3.63, 3.8) is 0 Å². The van der Waals surface area contributed by atoms with Crippen molar-refractivity contribution in [3.8, 4) is 0 Å². The zero-order chi connectivity index (χ0) is 22.1. The fourth-order valence-electron chi connectivity index (χ4n) is 5.76. The molecule has 0 aromatic carbocycles. The van der Waals surface area contributed by atoms with Gasteiger partial charge in [-0.25, -0.2) is 9.78 Å².